The third-order valence-corrected chi connectivity index (χ3v) is 6.10. The molecule has 0 bridgehead atoms. The van der Waals surface area contributed by atoms with Crippen molar-refractivity contribution in [2.24, 2.45) is 0 Å². The predicted molar refractivity (Wildman–Crippen MR) is 83.2 cm³/mol. The highest BCUT2D eigenvalue weighted by atomic mass is 79.9. The van der Waals surface area contributed by atoms with E-state index in [0.29, 0.717) is 16.6 Å². The van der Waals surface area contributed by atoms with E-state index in [4.69, 9.17) is 15.4 Å². The highest BCUT2D eigenvalue weighted by molar-refractivity contribution is 9.10. The van der Waals surface area contributed by atoms with E-state index >= 15 is 0 Å². The molecule has 0 saturated carbocycles. The molecule has 1 N–H and O–H groups in total. The molecule has 0 aliphatic carbocycles. The zero-order chi connectivity index (χ0) is 15.8. The first-order chi connectivity index (χ1) is 9.70. The van der Waals surface area contributed by atoms with E-state index in [9.17, 15) is 13.2 Å². The number of amides is 1. The van der Waals surface area contributed by atoms with Crippen LogP contribution in [-0.4, -0.2) is 33.1 Å². The number of carbonyl (C=O) groups is 1. The fourth-order valence-electron chi connectivity index (χ4n) is 2.22. The zero-order valence-corrected chi connectivity index (χ0v) is 14.7. The first-order valence-corrected chi connectivity index (χ1v) is 9.47. The summed E-state index contributed by atoms with van der Waals surface area (Å²) in [7, 11) is 1.47. The lowest BCUT2D eigenvalue weighted by molar-refractivity contribution is 0.0866. The monoisotopic (exact) mass is 395 g/mol. The van der Waals surface area contributed by atoms with Crippen molar-refractivity contribution in [2.45, 2.75) is 37.3 Å². The molecule has 2 rings (SSSR count). The third kappa shape index (κ3) is 3.77. The molecule has 2 atom stereocenters. The quantitative estimate of drug-likeness (QED) is 0.797. The maximum absolute atomic E-state index is 12.3. The highest BCUT2D eigenvalue weighted by Crippen LogP contribution is 2.29. The Hall–Kier alpha value is -0.630. The number of aryl methyl sites for hydroxylation is 1. The Morgan fingerprint density at radius 3 is 2.67 bits per heavy atom. The molecule has 1 aliphatic heterocycles. The van der Waals surface area contributed by atoms with Crippen LogP contribution in [-0.2, 0) is 13.8 Å². The van der Waals surface area contributed by atoms with Crippen LogP contribution in [0.2, 0.25) is 0 Å². The second kappa shape index (κ2) is 6.24. The smallest absolute Gasteiger partial charge is 0.262 e. The standard InChI is InChI=1S/C13H15BrClNO4S/c1-7-5-9(6-11(12(7)14)21(15,18)19)13(17)16-10-3-4-20-8(10)2/h5-6,8,10H,3-4H2,1-2H3,(H,16,17). The van der Waals surface area contributed by atoms with Gasteiger partial charge in [0.25, 0.3) is 15.0 Å². The molecular weight excluding hydrogens is 382 g/mol. The number of carbonyl (C=O) groups excluding carboxylic acids is 1. The molecule has 0 spiro atoms. The Labute approximate surface area is 136 Å². The topological polar surface area (TPSA) is 72.5 Å². The SMILES string of the molecule is Cc1cc(C(=O)NC2CCOC2C)cc(S(=O)(=O)Cl)c1Br. The van der Waals surface area contributed by atoms with Crippen LogP contribution in [0.4, 0.5) is 0 Å². The number of ether oxygens (including phenoxy) is 1. The summed E-state index contributed by atoms with van der Waals surface area (Å²) < 4.78 is 28.9. The molecule has 1 aromatic rings. The number of rotatable bonds is 3. The van der Waals surface area contributed by atoms with E-state index < -0.39 is 9.05 Å². The third-order valence-electron chi connectivity index (χ3n) is 3.44. The predicted octanol–water partition coefficient (Wildman–Crippen LogP) is 2.59. The second-order valence-electron chi connectivity index (χ2n) is 4.99. The molecule has 2 unspecified atom stereocenters. The average molecular weight is 397 g/mol. The molecule has 21 heavy (non-hydrogen) atoms. The molecule has 5 nitrogen and oxygen atoms in total. The summed E-state index contributed by atoms with van der Waals surface area (Å²) in [6.45, 7) is 4.19. The second-order valence-corrected chi connectivity index (χ2v) is 8.32. The van der Waals surface area contributed by atoms with Gasteiger partial charge in [-0.3, -0.25) is 4.79 Å². The minimum Gasteiger partial charge on any atom is -0.376 e. The Morgan fingerprint density at radius 1 is 1.48 bits per heavy atom. The summed E-state index contributed by atoms with van der Waals surface area (Å²) in [5.74, 6) is -0.338. The van der Waals surface area contributed by atoms with Gasteiger partial charge in [-0.1, -0.05) is 0 Å². The van der Waals surface area contributed by atoms with Crippen molar-refractivity contribution >= 4 is 41.6 Å². The van der Waals surface area contributed by atoms with Gasteiger partial charge in [0, 0.05) is 27.3 Å². The van der Waals surface area contributed by atoms with Crippen molar-refractivity contribution in [1.29, 1.82) is 0 Å². The van der Waals surface area contributed by atoms with Gasteiger partial charge in [-0.05, 0) is 53.9 Å². The summed E-state index contributed by atoms with van der Waals surface area (Å²) in [6.07, 6.45) is 0.685. The van der Waals surface area contributed by atoms with Crippen LogP contribution < -0.4 is 5.32 Å². The Kier molecular flexibility index (Phi) is 4.97. The number of halogens is 2. The molecule has 1 aromatic carbocycles. The van der Waals surface area contributed by atoms with Crippen molar-refractivity contribution in [1.82, 2.24) is 5.32 Å². The van der Waals surface area contributed by atoms with Crippen LogP contribution in [0, 0.1) is 6.92 Å². The van der Waals surface area contributed by atoms with Crippen LogP contribution in [0.3, 0.4) is 0 Å². The number of hydrogen-bond donors (Lipinski definition) is 1. The minimum atomic E-state index is -3.93. The summed E-state index contributed by atoms with van der Waals surface area (Å²) in [5, 5.41) is 2.85. The van der Waals surface area contributed by atoms with Gasteiger partial charge in [-0.2, -0.15) is 0 Å². The molecular formula is C13H15BrClNO4S. The first-order valence-electron chi connectivity index (χ1n) is 6.37. The molecule has 1 heterocycles. The van der Waals surface area contributed by atoms with Crippen molar-refractivity contribution in [2.75, 3.05) is 6.61 Å². The van der Waals surface area contributed by atoms with Crippen LogP contribution in [0.1, 0.15) is 29.3 Å². The Balaban J connectivity index is 2.32. The van der Waals surface area contributed by atoms with E-state index in [1.165, 1.54) is 6.07 Å². The molecule has 8 heteroatoms. The summed E-state index contributed by atoms with van der Waals surface area (Å²) in [5.41, 5.74) is 0.881. The molecule has 0 radical (unpaired) electrons. The lowest BCUT2D eigenvalue weighted by atomic mass is 10.1. The van der Waals surface area contributed by atoms with E-state index in [0.717, 1.165) is 6.42 Å². The van der Waals surface area contributed by atoms with E-state index in [-0.39, 0.29) is 28.5 Å². The maximum atomic E-state index is 12.3. The molecule has 1 aliphatic rings. The fourth-order valence-corrected chi connectivity index (χ4v) is 4.37. The van der Waals surface area contributed by atoms with Gasteiger partial charge in [0.1, 0.15) is 0 Å². The van der Waals surface area contributed by atoms with E-state index in [1.54, 1.807) is 13.0 Å². The molecule has 0 aromatic heterocycles. The van der Waals surface area contributed by atoms with Gasteiger partial charge >= 0.3 is 0 Å². The van der Waals surface area contributed by atoms with Gasteiger partial charge in [-0.25, -0.2) is 8.42 Å². The van der Waals surface area contributed by atoms with Gasteiger partial charge in [0.15, 0.2) is 0 Å². The largest absolute Gasteiger partial charge is 0.376 e. The summed E-state index contributed by atoms with van der Waals surface area (Å²) in [6, 6.07) is 2.82. The Morgan fingerprint density at radius 2 is 2.14 bits per heavy atom. The molecule has 116 valence electrons. The van der Waals surface area contributed by atoms with Crippen LogP contribution in [0.15, 0.2) is 21.5 Å². The lowest BCUT2D eigenvalue weighted by Gasteiger charge is -2.16. The van der Waals surface area contributed by atoms with Gasteiger partial charge in [0.2, 0.25) is 0 Å². The minimum absolute atomic E-state index is 0.0540. The van der Waals surface area contributed by atoms with Gasteiger partial charge < -0.3 is 10.1 Å². The lowest BCUT2D eigenvalue weighted by Crippen LogP contribution is -2.39. The van der Waals surface area contributed by atoms with Crippen LogP contribution in [0.25, 0.3) is 0 Å². The fraction of sp³-hybridized carbons (Fsp3) is 0.462. The van der Waals surface area contributed by atoms with Crippen molar-refractivity contribution in [3.63, 3.8) is 0 Å². The normalized spacial score (nSPS) is 22.3. The van der Waals surface area contributed by atoms with Crippen LogP contribution in [0.5, 0.6) is 0 Å². The number of hydrogen-bond acceptors (Lipinski definition) is 4. The zero-order valence-electron chi connectivity index (χ0n) is 11.5. The number of nitrogens with one attached hydrogen (secondary N) is 1. The highest BCUT2D eigenvalue weighted by Gasteiger charge is 2.27. The van der Waals surface area contributed by atoms with E-state index in [2.05, 4.69) is 21.2 Å². The van der Waals surface area contributed by atoms with Crippen molar-refractivity contribution in [3.8, 4) is 0 Å². The van der Waals surface area contributed by atoms with Crippen LogP contribution >= 0.6 is 26.6 Å². The number of benzene rings is 1. The van der Waals surface area contributed by atoms with E-state index in [1.807, 2.05) is 6.92 Å². The maximum Gasteiger partial charge on any atom is 0.262 e. The average Bonchev–Trinajstić information content (AvgIpc) is 2.76. The first kappa shape index (κ1) is 16.7. The Bertz CT molecular complexity index is 677. The van der Waals surface area contributed by atoms with Crippen molar-refractivity contribution in [3.05, 3.63) is 27.7 Å². The summed E-state index contributed by atoms with van der Waals surface area (Å²) in [4.78, 5) is 12.2. The molecule has 1 fully saturated rings. The molecule has 1 amide bonds. The van der Waals surface area contributed by atoms with Crippen molar-refractivity contribution < 1.29 is 17.9 Å². The molecule has 1 saturated heterocycles. The van der Waals surface area contributed by atoms with Gasteiger partial charge in [0.05, 0.1) is 17.0 Å². The van der Waals surface area contributed by atoms with Gasteiger partial charge in [-0.15, -0.1) is 0 Å². The summed E-state index contributed by atoms with van der Waals surface area (Å²) >= 11 is 3.18.